The van der Waals surface area contributed by atoms with Gasteiger partial charge in [-0.2, -0.15) is 0 Å². The highest BCUT2D eigenvalue weighted by Gasteiger charge is 2.13. The van der Waals surface area contributed by atoms with Gasteiger partial charge in [0.05, 0.1) is 3.39 Å². The Balaban J connectivity index is 1.88. The van der Waals surface area contributed by atoms with E-state index in [1.54, 1.807) is 0 Å². The van der Waals surface area contributed by atoms with Gasteiger partial charge in [0.2, 0.25) is 0 Å². The van der Waals surface area contributed by atoms with Crippen molar-refractivity contribution < 1.29 is 14.3 Å². The van der Waals surface area contributed by atoms with Crippen LogP contribution < -0.4 is 10.1 Å². The Hall–Kier alpha value is -2.05. The minimum atomic E-state index is -0.465. The minimum absolute atomic E-state index is 0.304. The quantitative estimate of drug-likeness (QED) is 0.190. The second-order valence-corrected chi connectivity index (χ2v) is 10.7. The van der Waals surface area contributed by atoms with E-state index in [0.717, 1.165) is 45.3 Å². The van der Waals surface area contributed by atoms with Gasteiger partial charge in [-0.1, -0.05) is 36.4 Å². The number of anilines is 1. The number of nitrogens with one attached hydrogen (secondary N) is 1. The van der Waals surface area contributed by atoms with E-state index < -0.39 is 5.60 Å². The summed E-state index contributed by atoms with van der Waals surface area (Å²) in [5, 5.41) is 3.45. The first-order valence-corrected chi connectivity index (χ1v) is 11.8. The molecule has 4 nitrogen and oxygen atoms in total. The van der Waals surface area contributed by atoms with Gasteiger partial charge in [0.25, 0.3) is 0 Å². The van der Waals surface area contributed by atoms with Gasteiger partial charge < -0.3 is 14.8 Å². The Labute approximate surface area is 202 Å². The summed E-state index contributed by atoms with van der Waals surface area (Å²) in [6.45, 7) is 6.88. The van der Waals surface area contributed by atoms with Crippen molar-refractivity contribution in [3.05, 3.63) is 75.2 Å². The summed E-state index contributed by atoms with van der Waals surface area (Å²) >= 11 is 6.88. The van der Waals surface area contributed by atoms with Crippen LogP contribution in [0.15, 0.2) is 64.1 Å². The van der Waals surface area contributed by atoms with Crippen LogP contribution in [0.1, 0.15) is 44.7 Å². The molecule has 0 aliphatic rings. The molecule has 0 fully saturated rings. The van der Waals surface area contributed by atoms with Crippen LogP contribution in [-0.2, 0) is 16.1 Å². The lowest BCUT2D eigenvalue weighted by Crippen LogP contribution is -2.22. The van der Waals surface area contributed by atoms with E-state index in [4.69, 9.17) is 9.47 Å². The predicted octanol–water partition coefficient (Wildman–Crippen LogP) is 7.44. The van der Waals surface area contributed by atoms with Crippen molar-refractivity contribution in [2.45, 2.75) is 45.8 Å². The standard InChI is InChI=1S/C25H29Br2NO3/c1-25(2,3)31-24(29)12-8-5-9-15-28-22-14-13-21(16-20(22)17-23(26)27)30-18-19-10-6-4-7-11-19/h4,6-8,10-14,16-17,28H,5,9,15,18H2,1-3H3/b12-8+. The topological polar surface area (TPSA) is 47.6 Å². The van der Waals surface area contributed by atoms with E-state index in [0.29, 0.717) is 6.61 Å². The molecule has 0 amide bonds. The second kappa shape index (κ2) is 12.7. The van der Waals surface area contributed by atoms with Crippen molar-refractivity contribution in [2.24, 2.45) is 0 Å². The van der Waals surface area contributed by atoms with E-state index in [1.807, 2.05) is 81.5 Å². The Morgan fingerprint density at radius 3 is 2.52 bits per heavy atom. The van der Waals surface area contributed by atoms with Crippen LogP contribution in [0.5, 0.6) is 5.75 Å². The summed E-state index contributed by atoms with van der Waals surface area (Å²) in [4.78, 5) is 11.7. The molecule has 6 heteroatoms. The predicted molar refractivity (Wildman–Crippen MR) is 136 cm³/mol. The van der Waals surface area contributed by atoms with Crippen molar-refractivity contribution in [3.8, 4) is 5.75 Å². The molecule has 0 bridgehead atoms. The van der Waals surface area contributed by atoms with Gasteiger partial charge in [-0.25, -0.2) is 4.79 Å². The van der Waals surface area contributed by atoms with Crippen LogP contribution in [0.25, 0.3) is 6.08 Å². The number of ether oxygens (including phenoxy) is 2. The molecule has 166 valence electrons. The molecule has 0 spiro atoms. The third-order valence-electron chi connectivity index (χ3n) is 4.06. The second-order valence-electron chi connectivity index (χ2n) is 7.96. The van der Waals surface area contributed by atoms with E-state index in [-0.39, 0.29) is 5.97 Å². The molecule has 0 saturated carbocycles. The first-order chi connectivity index (χ1) is 14.7. The van der Waals surface area contributed by atoms with Gasteiger partial charge >= 0.3 is 5.97 Å². The minimum Gasteiger partial charge on any atom is -0.489 e. The van der Waals surface area contributed by atoms with Crippen LogP contribution in [0, 0.1) is 0 Å². The van der Waals surface area contributed by atoms with Crippen molar-refractivity contribution in [2.75, 3.05) is 11.9 Å². The first kappa shape index (κ1) is 25.2. The molecule has 0 atom stereocenters. The normalized spacial score (nSPS) is 11.3. The highest BCUT2D eigenvalue weighted by Crippen LogP contribution is 2.28. The summed E-state index contributed by atoms with van der Waals surface area (Å²) in [6, 6.07) is 16.1. The van der Waals surface area contributed by atoms with Crippen molar-refractivity contribution in [3.63, 3.8) is 0 Å². The molecule has 0 aromatic heterocycles. The van der Waals surface area contributed by atoms with Gasteiger partial charge in [0.1, 0.15) is 18.0 Å². The largest absolute Gasteiger partial charge is 0.489 e. The van der Waals surface area contributed by atoms with Gasteiger partial charge in [-0.05, 0) is 95.3 Å². The molecule has 2 aromatic rings. The molecule has 2 rings (SSSR count). The molecular formula is C25H29Br2NO3. The number of rotatable bonds is 10. The van der Waals surface area contributed by atoms with Gasteiger partial charge in [0, 0.05) is 23.9 Å². The molecule has 0 aliphatic heterocycles. The average molecular weight is 551 g/mol. The first-order valence-electron chi connectivity index (χ1n) is 10.2. The molecule has 0 saturated heterocycles. The monoisotopic (exact) mass is 549 g/mol. The fourth-order valence-electron chi connectivity index (χ4n) is 2.73. The summed E-state index contributed by atoms with van der Waals surface area (Å²) in [7, 11) is 0. The number of benzene rings is 2. The van der Waals surface area contributed by atoms with E-state index in [1.165, 1.54) is 6.08 Å². The zero-order valence-corrected chi connectivity index (χ0v) is 21.3. The van der Waals surface area contributed by atoms with Crippen molar-refractivity contribution >= 4 is 49.6 Å². The van der Waals surface area contributed by atoms with Crippen LogP contribution in [0.2, 0.25) is 0 Å². The number of carbonyl (C=O) groups is 1. The Kier molecular flexibility index (Phi) is 10.3. The fraction of sp³-hybridized carbons (Fsp3) is 0.320. The zero-order chi connectivity index (χ0) is 22.7. The lowest BCUT2D eigenvalue weighted by molar-refractivity contribution is -0.148. The Morgan fingerprint density at radius 1 is 1.10 bits per heavy atom. The maximum atomic E-state index is 11.7. The summed E-state index contributed by atoms with van der Waals surface area (Å²) in [6.07, 6.45) is 7.02. The third kappa shape index (κ3) is 10.7. The SMILES string of the molecule is CC(C)(C)OC(=O)/C=C/CCCNc1ccc(OCc2ccccc2)cc1C=C(Br)Br. The molecular weight excluding hydrogens is 522 g/mol. The summed E-state index contributed by atoms with van der Waals surface area (Å²) in [5.41, 5.74) is 2.69. The average Bonchev–Trinajstić information content (AvgIpc) is 2.69. The number of hydrogen-bond acceptors (Lipinski definition) is 4. The number of unbranched alkanes of at least 4 members (excludes halogenated alkanes) is 1. The van der Waals surface area contributed by atoms with Gasteiger partial charge in [0.15, 0.2) is 0 Å². The van der Waals surface area contributed by atoms with Gasteiger partial charge in [-0.3, -0.25) is 0 Å². The highest BCUT2D eigenvalue weighted by atomic mass is 79.9. The molecule has 0 radical (unpaired) electrons. The molecule has 0 aliphatic carbocycles. The number of allylic oxidation sites excluding steroid dienone is 1. The smallest absolute Gasteiger partial charge is 0.330 e. The summed E-state index contributed by atoms with van der Waals surface area (Å²) < 4.78 is 12.1. The number of halogens is 2. The maximum Gasteiger partial charge on any atom is 0.330 e. The maximum absolute atomic E-state index is 11.7. The van der Waals surface area contributed by atoms with Crippen LogP contribution >= 0.6 is 31.9 Å². The van der Waals surface area contributed by atoms with Gasteiger partial charge in [-0.15, -0.1) is 0 Å². The van der Waals surface area contributed by atoms with Crippen LogP contribution in [-0.4, -0.2) is 18.1 Å². The van der Waals surface area contributed by atoms with E-state index in [9.17, 15) is 4.79 Å². The highest BCUT2D eigenvalue weighted by molar-refractivity contribution is 9.28. The van der Waals surface area contributed by atoms with Crippen LogP contribution in [0.4, 0.5) is 5.69 Å². The fourth-order valence-corrected chi connectivity index (χ4v) is 3.22. The van der Waals surface area contributed by atoms with Crippen molar-refractivity contribution in [1.29, 1.82) is 0 Å². The Morgan fingerprint density at radius 2 is 1.84 bits per heavy atom. The molecule has 1 N–H and O–H groups in total. The zero-order valence-electron chi connectivity index (χ0n) is 18.2. The number of carbonyl (C=O) groups excluding carboxylic acids is 1. The number of hydrogen-bond donors (Lipinski definition) is 1. The number of esters is 1. The van der Waals surface area contributed by atoms with E-state index in [2.05, 4.69) is 37.2 Å². The molecule has 0 unspecified atom stereocenters. The van der Waals surface area contributed by atoms with Crippen LogP contribution in [0.3, 0.4) is 0 Å². The molecule has 31 heavy (non-hydrogen) atoms. The Bertz CT molecular complexity index is 899. The molecule has 2 aromatic carbocycles. The summed E-state index contributed by atoms with van der Waals surface area (Å²) in [5.74, 6) is 0.503. The third-order valence-corrected chi connectivity index (χ3v) is 4.52. The lowest BCUT2D eigenvalue weighted by atomic mass is 10.1. The van der Waals surface area contributed by atoms with Crippen molar-refractivity contribution in [1.82, 2.24) is 0 Å². The van der Waals surface area contributed by atoms with E-state index >= 15 is 0 Å². The molecule has 0 heterocycles. The lowest BCUT2D eigenvalue weighted by Gasteiger charge is -2.17.